The molecule has 0 radical (unpaired) electrons. The molecular weight excluding hydrogens is 242 g/mol. The molecule has 0 aliphatic carbocycles. The summed E-state index contributed by atoms with van der Waals surface area (Å²) in [6.07, 6.45) is 0.262. The first kappa shape index (κ1) is 13.4. The summed E-state index contributed by atoms with van der Waals surface area (Å²) in [4.78, 5) is 22.4. The molecule has 17 heavy (non-hydrogen) atoms. The van der Waals surface area contributed by atoms with Crippen LogP contribution in [-0.4, -0.2) is 29.9 Å². The van der Waals surface area contributed by atoms with Gasteiger partial charge in [0.15, 0.2) is 0 Å². The first-order valence-electron chi connectivity index (χ1n) is 4.87. The number of para-hydroxylation sites is 1. The lowest BCUT2D eigenvalue weighted by Crippen LogP contribution is -2.04. The number of carbonyl (C=O) groups is 2. The predicted molar refractivity (Wildman–Crippen MR) is 65.2 cm³/mol. The van der Waals surface area contributed by atoms with Gasteiger partial charge in [0.05, 0.1) is 24.8 Å². The standard InChI is InChI=1S/C11H13NO4S/c1-16-9(13)5-6-17-8-4-2-3-7(10(8)12)11(14)15/h2-4H,5-6,12H2,1H3,(H,14,15). The number of methoxy groups -OCH3 is 1. The topological polar surface area (TPSA) is 89.6 Å². The number of esters is 1. The van der Waals surface area contributed by atoms with Crippen LogP contribution in [0.15, 0.2) is 23.1 Å². The Morgan fingerprint density at radius 2 is 2.18 bits per heavy atom. The second-order valence-electron chi connectivity index (χ2n) is 3.20. The number of anilines is 1. The third-order valence-electron chi connectivity index (χ3n) is 2.09. The number of aromatic carboxylic acids is 1. The van der Waals surface area contributed by atoms with Gasteiger partial charge in [0.2, 0.25) is 0 Å². The molecule has 0 spiro atoms. The monoisotopic (exact) mass is 255 g/mol. The van der Waals surface area contributed by atoms with E-state index in [1.807, 2.05) is 0 Å². The van der Waals surface area contributed by atoms with E-state index in [4.69, 9.17) is 10.8 Å². The minimum atomic E-state index is -1.06. The third-order valence-corrected chi connectivity index (χ3v) is 3.16. The molecule has 0 amide bonds. The number of carboxylic acids is 1. The maximum Gasteiger partial charge on any atom is 0.337 e. The number of ether oxygens (including phenoxy) is 1. The molecule has 0 saturated heterocycles. The zero-order chi connectivity index (χ0) is 12.8. The second-order valence-corrected chi connectivity index (χ2v) is 4.33. The first-order chi connectivity index (χ1) is 8.06. The molecule has 0 saturated carbocycles. The highest BCUT2D eigenvalue weighted by Crippen LogP contribution is 2.28. The fourth-order valence-electron chi connectivity index (χ4n) is 1.20. The van der Waals surface area contributed by atoms with Crippen LogP contribution in [0.2, 0.25) is 0 Å². The number of nitrogen functional groups attached to an aromatic ring is 1. The number of thioether (sulfide) groups is 1. The van der Waals surface area contributed by atoms with Crippen LogP contribution < -0.4 is 5.73 Å². The Morgan fingerprint density at radius 1 is 1.47 bits per heavy atom. The van der Waals surface area contributed by atoms with E-state index < -0.39 is 5.97 Å². The number of carbonyl (C=O) groups excluding carboxylic acids is 1. The number of nitrogens with two attached hydrogens (primary N) is 1. The van der Waals surface area contributed by atoms with E-state index in [2.05, 4.69) is 4.74 Å². The van der Waals surface area contributed by atoms with Gasteiger partial charge >= 0.3 is 11.9 Å². The fraction of sp³-hybridized carbons (Fsp3) is 0.273. The van der Waals surface area contributed by atoms with Crippen LogP contribution in [0.3, 0.4) is 0 Å². The first-order valence-corrected chi connectivity index (χ1v) is 5.86. The molecule has 0 unspecified atom stereocenters. The van der Waals surface area contributed by atoms with Gasteiger partial charge in [-0.05, 0) is 12.1 Å². The fourth-order valence-corrected chi connectivity index (χ4v) is 2.13. The van der Waals surface area contributed by atoms with Crippen molar-refractivity contribution in [2.45, 2.75) is 11.3 Å². The van der Waals surface area contributed by atoms with E-state index in [1.54, 1.807) is 12.1 Å². The summed E-state index contributed by atoms with van der Waals surface area (Å²) in [5.41, 5.74) is 6.02. The van der Waals surface area contributed by atoms with Gasteiger partial charge < -0.3 is 15.6 Å². The largest absolute Gasteiger partial charge is 0.478 e. The summed E-state index contributed by atoms with van der Waals surface area (Å²) in [5.74, 6) is -0.858. The van der Waals surface area contributed by atoms with Crippen LogP contribution in [0.1, 0.15) is 16.8 Å². The molecule has 1 rings (SSSR count). The molecule has 3 N–H and O–H groups in total. The predicted octanol–water partition coefficient (Wildman–Crippen LogP) is 1.62. The molecule has 0 fully saturated rings. The lowest BCUT2D eigenvalue weighted by atomic mass is 10.2. The van der Waals surface area contributed by atoms with Crippen molar-refractivity contribution in [1.29, 1.82) is 0 Å². The Morgan fingerprint density at radius 3 is 2.76 bits per heavy atom. The van der Waals surface area contributed by atoms with Gasteiger partial charge in [-0.15, -0.1) is 11.8 Å². The molecule has 6 heteroatoms. The van der Waals surface area contributed by atoms with E-state index in [1.165, 1.54) is 24.9 Å². The maximum atomic E-state index is 10.9. The van der Waals surface area contributed by atoms with Gasteiger partial charge in [-0.1, -0.05) is 6.07 Å². The number of hydrogen-bond acceptors (Lipinski definition) is 5. The van der Waals surface area contributed by atoms with Gasteiger partial charge in [0.1, 0.15) is 0 Å². The Hall–Kier alpha value is -1.69. The van der Waals surface area contributed by atoms with Crippen LogP contribution in [-0.2, 0) is 9.53 Å². The highest BCUT2D eigenvalue weighted by Gasteiger charge is 2.11. The van der Waals surface area contributed by atoms with Crippen molar-refractivity contribution in [1.82, 2.24) is 0 Å². The maximum absolute atomic E-state index is 10.9. The Bertz CT molecular complexity index is 433. The Balaban J connectivity index is 2.69. The summed E-state index contributed by atoms with van der Waals surface area (Å²) < 4.78 is 4.50. The quantitative estimate of drug-likeness (QED) is 0.472. The number of carboxylic acid groups (broad SMARTS) is 1. The molecule has 0 aliphatic heterocycles. The summed E-state index contributed by atoms with van der Waals surface area (Å²) in [7, 11) is 1.33. The summed E-state index contributed by atoms with van der Waals surface area (Å²) in [6, 6.07) is 4.80. The van der Waals surface area contributed by atoms with E-state index in [0.29, 0.717) is 10.6 Å². The molecule has 1 aromatic carbocycles. The van der Waals surface area contributed by atoms with Crippen molar-refractivity contribution in [3.8, 4) is 0 Å². The van der Waals surface area contributed by atoms with Crippen molar-refractivity contribution in [3.05, 3.63) is 23.8 Å². The Labute approximate surface area is 103 Å². The molecular formula is C11H13NO4S. The highest BCUT2D eigenvalue weighted by molar-refractivity contribution is 7.99. The lowest BCUT2D eigenvalue weighted by molar-refractivity contribution is -0.140. The molecule has 0 atom stereocenters. The third kappa shape index (κ3) is 3.67. The number of hydrogen-bond donors (Lipinski definition) is 2. The van der Waals surface area contributed by atoms with Crippen molar-refractivity contribution in [2.75, 3.05) is 18.6 Å². The zero-order valence-corrected chi connectivity index (χ0v) is 10.1. The minimum Gasteiger partial charge on any atom is -0.478 e. The molecule has 0 heterocycles. The summed E-state index contributed by atoms with van der Waals surface area (Å²) in [5, 5.41) is 8.88. The van der Waals surface area contributed by atoms with E-state index in [0.717, 1.165) is 0 Å². The van der Waals surface area contributed by atoms with Crippen LogP contribution in [0.5, 0.6) is 0 Å². The van der Waals surface area contributed by atoms with E-state index in [9.17, 15) is 9.59 Å². The van der Waals surface area contributed by atoms with Crippen LogP contribution in [0.25, 0.3) is 0 Å². The summed E-state index contributed by atoms with van der Waals surface area (Å²) >= 11 is 1.33. The van der Waals surface area contributed by atoms with E-state index in [-0.39, 0.29) is 23.6 Å². The minimum absolute atomic E-state index is 0.0769. The van der Waals surface area contributed by atoms with Gasteiger partial charge in [-0.3, -0.25) is 4.79 Å². The van der Waals surface area contributed by atoms with Crippen LogP contribution in [0, 0.1) is 0 Å². The average Bonchev–Trinajstić information content (AvgIpc) is 2.30. The summed E-state index contributed by atoms with van der Waals surface area (Å²) in [6.45, 7) is 0. The SMILES string of the molecule is COC(=O)CCSc1cccc(C(=O)O)c1N. The smallest absolute Gasteiger partial charge is 0.337 e. The Kier molecular flexibility index (Phi) is 4.84. The van der Waals surface area contributed by atoms with Crippen molar-refractivity contribution >= 4 is 29.4 Å². The van der Waals surface area contributed by atoms with Gasteiger partial charge in [0.25, 0.3) is 0 Å². The normalized spacial score (nSPS) is 9.94. The van der Waals surface area contributed by atoms with Gasteiger partial charge in [-0.25, -0.2) is 4.79 Å². The molecule has 0 bridgehead atoms. The van der Waals surface area contributed by atoms with Crippen molar-refractivity contribution < 1.29 is 19.4 Å². The molecule has 0 aliphatic rings. The average molecular weight is 255 g/mol. The molecule has 0 aromatic heterocycles. The van der Waals surface area contributed by atoms with Crippen LogP contribution in [0.4, 0.5) is 5.69 Å². The zero-order valence-electron chi connectivity index (χ0n) is 9.30. The lowest BCUT2D eigenvalue weighted by Gasteiger charge is -2.07. The van der Waals surface area contributed by atoms with Crippen molar-refractivity contribution in [3.63, 3.8) is 0 Å². The number of rotatable bonds is 5. The highest BCUT2D eigenvalue weighted by atomic mass is 32.2. The molecule has 1 aromatic rings. The van der Waals surface area contributed by atoms with Gasteiger partial charge in [-0.2, -0.15) is 0 Å². The molecule has 92 valence electrons. The van der Waals surface area contributed by atoms with Gasteiger partial charge in [0, 0.05) is 10.6 Å². The van der Waals surface area contributed by atoms with Crippen molar-refractivity contribution in [2.24, 2.45) is 0 Å². The molecule has 5 nitrogen and oxygen atoms in total. The van der Waals surface area contributed by atoms with Crippen LogP contribution >= 0.6 is 11.8 Å². The number of benzene rings is 1. The van der Waals surface area contributed by atoms with E-state index >= 15 is 0 Å². The second kappa shape index (κ2) is 6.15.